The molecule has 2 nitrogen and oxygen atoms in total. The minimum Gasteiger partial charge on any atom is -0.321 e. The van der Waals surface area contributed by atoms with E-state index in [1.165, 1.54) is 0 Å². The molecule has 3 heteroatoms. The van der Waals surface area contributed by atoms with E-state index in [-0.39, 0.29) is 5.78 Å². The van der Waals surface area contributed by atoms with E-state index >= 15 is 0 Å². The van der Waals surface area contributed by atoms with Gasteiger partial charge in [0.2, 0.25) is 0 Å². The van der Waals surface area contributed by atoms with Crippen LogP contribution in [-0.4, -0.2) is 11.8 Å². The Hall–Kier alpha value is -0.670. The molecule has 0 heterocycles. The van der Waals surface area contributed by atoms with E-state index in [0.717, 1.165) is 10.0 Å². The molecule has 0 saturated heterocycles. The van der Waals surface area contributed by atoms with Crippen LogP contribution < -0.4 is 5.73 Å². The molecule has 2 N–H and O–H groups in total. The standard InChI is InChI=1S/C10H12BrNO/c1-6-3-4-8(9(11)5-6)10(13)7(2)12/h3-5,7H,12H2,1-2H3. The van der Waals surface area contributed by atoms with E-state index in [1.807, 2.05) is 19.1 Å². The van der Waals surface area contributed by atoms with Crippen molar-refractivity contribution in [2.75, 3.05) is 0 Å². The van der Waals surface area contributed by atoms with Crippen molar-refractivity contribution in [3.8, 4) is 0 Å². The minimum atomic E-state index is -0.445. The molecule has 1 rings (SSSR count). The van der Waals surface area contributed by atoms with Crippen molar-refractivity contribution in [2.24, 2.45) is 5.73 Å². The third kappa shape index (κ3) is 2.39. The molecule has 1 aromatic rings. The van der Waals surface area contributed by atoms with E-state index < -0.39 is 6.04 Å². The van der Waals surface area contributed by atoms with E-state index in [1.54, 1.807) is 13.0 Å². The fourth-order valence-electron chi connectivity index (χ4n) is 1.07. The van der Waals surface area contributed by atoms with Crippen LogP contribution in [0.4, 0.5) is 0 Å². The Morgan fingerprint density at radius 1 is 1.54 bits per heavy atom. The molecule has 1 unspecified atom stereocenters. The Kier molecular flexibility index (Phi) is 3.22. The van der Waals surface area contributed by atoms with Gasteiger partial charge in [0.15, 0.2) is 5.78 Å². The van der Waals surface area contributed by atoms with Gasteiger partial charge in [0.25, 0.3) is 0 Å². The van der Waals surface area contributed by atoms with Crippen LogP contribution in [0.25, 0.3) is 0 Å². The Labute approximate surface area is 86.3 Å². The number of benzene rings is 1. The first-order chi connectivity index (χ1) is 6.02. The molecule has 70 valence electrons. The maximum Gasteiger partial charge on any atom is 0.180 e. The molecule has 0 bridgehead atoms. The van der Waals surface area contributed by atoms with Gasteiger partial charge in [-0.05, 0) is 31.5 Å². The Balaban J connectivity index is 3.09. The van der Waals surface area contributed by atoms with Gasteiger partial charge in [0, 0.05) is 10.0 Å². The summed E-state index contributed by atoms with van der Waals surface area (Å²) in [5, 5.41) is 0. The summed E-state index contributed by atoms with van der Waals surface area (Å²) in [6, 6.07) is 5.17. The first kappa shape index (κ1) is 10.4. The van der Waals surface area contributed by atoms with Crippen molar-refractivity contribution in [3.05, 3.63) is 33.8 Å². The number of nitrogens with two attached hydrogens (primary N) is 1. The Morgan fingerprint density at radius 2 is 2.15 bits per heavy atom. The number of Topliss-reactive ketones (excluding diaryl/α,β-unsaturated/α-hetero) is 1. The molecule has 0 fully saturated rings. The van der Waals surface area contributed by atoms with Crippen LogP contribution >= 0.6 is 15.9 Å². The van der Waals surface area contributed by atoms with Gasteiger partial charge < -0.3 is 5.73 Å². The highest BCUT2D eigenvalue weighted by molar-refractivity contribution is 9.10. The molecule has 0 aliphatic carbocycles. The van der Waals surface area contributed by atoms with Gasteiger partial charge in [-0.3, -0.25) is 4.79 Å². The molecular weight excluding hydrogens is 230 g/mol. The molecule has 0 radical (unpaired) electrons. The minimum absolute atomic E-state index is 0.0353. The van der Waals surface area contributed by atoms with Crippen LogP contribution in [0.3, 0.4) is 0 Å². The van der Waals surface area contributed by atoms with Gasteiger partial charge >= 0.3 is 0 Å². The molecule has 0 aliphatic heterocycles. The van der Waals surface area contributed by atoms with Crippen molar-refractivity contribution < 1.29 is 4.79 Å². The molecular formula is C10H12BrNO. The summed E-state index contributed by atoms with van der Waals surface area (Å²) in [6.07, 6.45) is 0. The zero-order valence-corrected chi connectivity index (χ0v) is 9.26. The van der Waals surface area contributed by atoms with Crippen LogP contribution in [0.1, 0.15) is 22.8 Å². The summed E-state index contributed by atoms with van der Waals surface area (Å²) in [5.41, 5.74) is 7.28. The maximum absolute atomic E-state index is 11.5. The van der Waals surface area contributed by atoms with E-state index in [4.69, 9.17) is 5.73 Å². The third-order valence-corrected chi connectivity index (χ3v) is 2.46. The average molecular weight is 242 g/mol. The predicted molar refractivity (Wildman–Crippen MR) is 56.9 cm³/mol. The lowest BCUT2D eigenvalue weighted by atomic mass is 10.0. The Morgan fingerprint density at radius 3 is 2.62 bits per heavy atom. The summed E-state index contributed by atoms with van der Waals surface area (Å²) < 4.78 is 0.815. The van der Waals surface area contributed by atoms with Crippen LogP contribution in [0.2, 0.25) is 0 Å². The number of hydrogen-bond acceptors (Lipinski definition) is 2. The quantitative estimate of drug-likeness (QED) is 0.808. The van der Waals surface area contributed by atoms with Crippen molar-refractivity contribution in [1.82, 2.24) is 0 Å². The van der Waals surface area contributed by atoms with Crippen molar-refractivity contribution in [3.63, 3.8) is 0 Å². The van der Waals surface area contributed by atoms with Crippen LogP contribution in [-0.2, 0) is 0 Å². The van der Waals surface area contributed by atoms with Gasteiger partial charge in [0.1, 0.15) is 0 Å². The molecule has 0 aromatic heterocycles. The van der Waals surface area contributed by atoms with Crippen molar-refractivity contribution in [2.45, 2.75) is 19.9 Å². The molecule has 0 spiro atoms. The smallest absolute Gasteiger partial charge is 0.180 e. The number of rotatable bonds is 2. The Bertz CT molecular complexity index is 334. The number of ketones is 1. The molecule has 1 aromatic carbocycles. The second-order valence-corrected chi connectivity index (χ2v) is 3.99. The molecule has 0 saturated carbocycles. The van der Waals surface area contributed by atoms with E-state index in [9.17, 15) is 4.79 Å². The van der Waals surface area contributed by atoms with Crippen LogP contribution in [0, 0.1) is 6.92 Å². The first-order valence-electron chi connectivity index (χ1n) is 4.08. The SMILES string of the molecule is Cc1ccc(C(=O)C(C)N)c(Br)c1. The summed E-state index contributed by atoms with van der Waals surface area (Å²) in [5.74, 6) is -0.0353. The molecule has 0 amide bonds. The largest absolute Gasteiger partial charge is 0.321 e. The topological polar surface area (TPSA) is 43.1 Å². The van der Waals surface area contributed by atoms with Gasteiger partial charge in [0.05, 0.1) is 6.04 Å². The summed E-state index contributed by atoms with van der Waals surface area (Å²) in [7, 11) is 0. The van der Waals surface area contributed by atoms with Gasteiger partial charge in [-0.25, -0.2) is 0 Å². The van der Waals surface area contributed by atoms with Crippen molar-refractivity contribution >= 4 is 21.7 Å². The van der Waals surface area contributed by atoms with Gasteiger partial charge in [-0.15, -0.1) is 0 Å². The average Bonchev–Trinajstić information content (AvgIpc) is 2.03. The lowest BCUT2D eigenvalue weighted by Crippen LogP contribution is -2.26. The second kappa shape index (κ2) is 4.03. The van der Waals surface area contributed by atoms with Crippen LogP contribution in [0.15, 0.2) is 22.7 Å². The predicted octanol–water partition coefficient (Wildman–Crippen LogP) is 2.29. The molecule has 13 heavy (non-hydrogen) atoms. The zero-order chi connectivity index (χ0) is 10.0. The lowest BCUT2D eigenvalue weighted by Gasteiger charge is -2.06. The fraction of sp³-hybridized carbons (Fsp3) is 0.300. The van der Waals surface area contributed by atoms with E-state index in [0.29, 0.717) is 5.56 Å². The zero-order valence-electron chi connectivity index (χ0n) is 7.67. The number of carbonyl (C=O) groups excluding carboxylic acids is 1. The monoisotopic (exact) mass is 241 g/mol. The normalized spacial score (nSPS) is 12.6. The third-order valence-electron chi connectivity index (χ3n) is 1.80. The van der Waals surface area contributed by atoms with Crippen LogP contribution in [0.5, 0.6) is 0 Å². The first-order valence-corrected chi connectivity index (χ1v) is 4.87. The number of halogens is 1. The van der Waals surface area contributed by atoms with Gasteiger partial charge in [-0.1, -0.05) is 22.0 Å². The maximum atomic E-state index is 11.5. The molecule has 0 aliphatic rings. The second-order valence-electron chi connectivity index (χ2n) is 3.14. The summed E-state index contributed by atoms with van der Waals surface area (Å²) >= 11 is 3.34. The number of carbonyl (C=O) groups is 1. The summed E-state index contributed by atoms with van der Waals surface area (Å²) in [4.78, 5) is 11.5. The summed E-state index contributed by atoms with van der Waals surface area (Å²) in [6.45, 7) is 3.67. The lowest BCUT2D eigenvalue weighted by molar-refractivity contribution is 0.0967. The highest BCUT2D eigenvalue weighted by Crippen LogP contribution is 2.19. The van der Waals surface area contributed by atoms with Gasteiger partial charge in [-0.2, -0.15) is 0 Å². The fourth-order valence-corrected chi connectivity index (χ4v) is 1.75. The number of hydrogen-bond donors (Lipinski definition) is 1. The van der Waals surface area contributed by atoms with Crippen molar-refractivity contribution in [1.29, 1.82) is 0 Å². The highest BCUT2D eigenvalue weighted by atomic mass is 79.9. The molecule has 1 atom stereocenters. The van der Waals surface area contributed by atoms with E-state index in [2.05, 4.69) is 15.9 Å². The highest BCUT2D eigenvalue weighted by Gasteiger charge is 2.13. The number of aryl methyl sites for hydroxylation is 1.